The molecule has 0 amide bonds. The predicted molar refractivity (Wildman–Crippen MR) is 77.2 cm³/mol. The van der Waals surface area contributed by atoms with E-state index in [2.05, 4.69) is 36.1 Å². The monoisotopic (exact) mass is 271 g/mol. The fourth-order valence-electron chi connectivity index (χ4n) is 2.87. The van der Waals surface area contributed by atoms with Crippen LogP contribution in [0.4, 0.5) is 0 Å². The van der Waals surface area contributed by atoms with Crippen molar-refractivity contribution in [3.05, 3.63) is 0 Å². The Morgan fingerprint density at radius 2 is 2.05 bits per heavy atom. The smallest absolute Gasteiger partial charge is 0.324 e. The number of ether oxygens (including phenoxy) is 1. The zero-order chi connectivity index (χ0) is 14.6. The molecule has 1 N–H and O–H groups in total. The molecule has 3 unspecified atom stereocenters. The van der Waals surface area contributed by atoms with Gasteiger partial charge in [0.2, 0.25) is 0 Å². The molecule has 5 heteroatoms. The number of nitrogens with zero attached hydrogens (tertiary/aromatic N) is 2. The van der Waals surface area contributed by atoms with E-state index in [1.165, 1.54) is 7.11 Å². The summed E-state index contributed by atoms with van der Waals surface area (Å²) in [4.78, 5) is 16.4. The summed E-state index contributed by atoms with van der Waals surface area (Å²) in [6, 6.07) is 0.601. The minimum atomic E-state index is -0.238. The zero-order valence-corrected chi connectivity index (χ0v) is 13.1. The normalized spacial score (nSPS) is 26.1. The van der Waals surface area contributed by atoms with E-state index in [4.69, 9.17) is 4.74 Å². The van der Waals surface area contributed by atoms with Crippen LogP contribution in [0.5, 0.6) is 0 Å². The van der Waals surface area contributed by atoms with Gasteiger partial charge in [0.25, 0.3) is 0 Å². The number of likely N-dealkylation sites (tertiary alicyclic amines) is 1. The minimum absolute atomic E-state index is 0.172. The zero-order valence-electron chi connectivity index (χ0n) is 13.1. The SMILES string of the molecule is COC(=O)C(CN1CC(C)C(N(C)C)C1)NC(C)C. The summed E-state index contributed by atoms with van der Waals surface area (Å²) in [5.74, 6) is 0.460. The summed E-state index contributed by atoms with van der Waals surface area (Å²) in [6.07, 6.45) is 0. The fraction of sp³-hybridized carbons (Fsp3) is 0.929. The summed E-state index contributed by atoms with van der Waals surface area (Å²) in [5.41, 5.74) is 0. The van der Waals surface area contributed by atoms with Crippen molar-refractivity contribution in [2.45, 2.75) is 38.9 Å². The van der Waals surface area contributed by atoms with E-state index in [0.29, 0.717) is 12.0 Å². The molecule has 0 aromatic rings. The third kappa shape index (κ3) is 4.75. The van der Waals surface area contributed by atoms with E-state index < -0.39 is 0 Å². The molecule has 0 bridgehead atoms. The van der Waals surface area contributed by atoms with Gasteiger partial charge >= 0.3 is 5.97 Å². The Bertz CT molecular complexity index is 294. The molecule has 0 spiro atoms. The second-order valence-corrected chi connectivity index (χ2v) is 6.12. The van der Waals surface area contributed by atoms with Crippen molar-refractivity contribution >= 4 is 5.97 Å². The third-order valence-corrected chi connectivity index (χ3v) is 3.77. The van der Waals surface area contributed by atoms with E-state index in [1.807, 2.05) is 13.8 Å². The van der Waals surface area contributed by atoms with Crippen LogP contribution in [0.1, 0.15) is 20.8 Å². The van der Waals surface area contributed by atoms with Gasteiger partial charge in [0, 0.05) is 31.7 Å². The first-order valence-corrected chi connectivity index (χ1v) is 7.07. The Balaban J connectivity index is 2.58. The third-order valence-electron chi connectivity index (χ3n) is 3.77. The number of nitrogens with one attached hydrogen (secondary N) is 1. The first-order chi connectivity index (χ1) is 8.85. The van der Waals surface area contributed by atoms with Crippen LogP contribution in [0.3, 0.4) is 0 Å². The van der Waals surface area contributed by atoms with E-state index >= 15 is 0 Å². The van der Waals surface area contributed by atoms with Gasteiger partial charge < -0.3 is 15.0 Å². The Labute approximate surface area is 117 Å². The van der Waals surface area contributed by atoms with Crippen molar-refractivity contribution in [3.8, 4) is 0 Å². The summed E-state index contributed by atoms with van der Waals surface area (Å²) < 4.78 is 4.89. The van der Waals surface area contributed by atoms with Crippen molar-refractivity contribution < 1.29 is 9.53 Å². The highest BCUT2D eigenvalue weighted by Gasteiger charge is 2.33. The van der Waals surface area contributed by atoms with Gasteiger partial charge in [-0.05, 0) is 20.0 Å². The van der Waals surface area contributed by atoms with E-state index in [-0.39, 0.29) is 18.1 Å². The molecule has 112 valence electrons. The predicted octanol–water partition coefficient (Wildman–Crippen LogP) is 0.408. The van der Waals surface area contributed by atoms with Crippen molar-refractivity contribution in [2.75, 3.05) is 40.8 Å². The van der Waals surface area contributed by atoms with Crippen LogP contribution in [-0.4, -0.2) is 74.7 Å². The molecule has 1 rings (SSSR count). The number of carbonyl (C=O) groups excluding carboxylic acids is 1. The molecular weight excluding hydrogens is 242 g/mol. The Kier molecular flexibility index (Phi) is 6.23. The van der Waals surface area contributed by atoms with Crippen molar-refractivity contribution in [2.24, 2.45) is 5.92 Å². The van der Waals surface area contributed by atoms with Crippen LogP contribution in [0, 0.1) is 5.92 Å². The van der Waals surface area contributed by atoms with E-state index in [1.54, 1.807) is 0 Å². The number of methoxy groups -OCH3 is 1. The lowest BCUT2D eigenvalue weighted by Gasteiger charge is -2.25. The number of carbonyl (C=O) groups is 1. The second-order valence-electron chi connectivity index (χ2n) is 6.12. The molecule has 1 aliphatic heterocycles. The standard InChI is InChI=1S/C14H29N3O2/c1-10(2)15-12(14(18)19-6)8-17-7-11(3)13(9-17)16(4)5/h10-13,15H,7-9H2,1-6H3. The highest BCUT2D eigenvalue weighted by Crippen LogP contribution is 2.20. The van der Waals surface area contributed by atoms with E-state index in [0.717, 1.165) is 19.6 Å². The van der Waals surface area contributed by atoms with Crippen LogP contribution in [0.2, 0.25) is 0 Å². The Hall–Kier alpha value is -0.650. The first-order valence-electron chi connectivity index (χ1n) is 7.07. The molecule has 0 aromatic heterocycles. The summed E-state index contributed by atoms with van der Waals surface area (Å²) in [7, 11) is 5.69. The molecule has 0 radical (unpaired) electrons. The van der Waals surface area contributed by atoms with Crippen molar-refractivity contribution in [3.63, 3.8) is 0 Å². The molecule has 19 heavy (non-hydrogen) atoms. The van der Waals surface area contributed by atoms with Gasteiger partial charge in [-0.2, -0.15) is 0 Å². The van der Waals surface area contributed by atoms with Crippen LogP contribution >= 0.6 is 0 Å². The van der Waals surface area contributed by atoms with Gasteiger partial charge in [-0.15, -0.1) is 0 Å². The minimum Gasteiger partial charge on any atom is -0.468 e. The average Bonchev–Trinajstić information content (AvgIpc) is 2.68. The maximum Gasteiger partial charge on any atom is 0.324 e. The molecule has 0 aromatic carbocycles. The van der Waals surface area contributed by atoms with Gasteiger partial charge in [0.1, 0.15) is 6.04 Å². The summed E-state index contributed by atoms with van der Waals surface area (Å²) >= 11 is 0. The molecule has 3 atom stereocenters. The highest BCUT2D eigenvalue weighted by molar-refractivity contribution is 5.76. The molecular formula is C14H29N3O2. The lowest BCUT2D eigenvalue weighted by molar-refractivity contribution is -0.143. The van der Waals surface area contributed by atoms with Crippen LogP contribution in [-0.2, 0) is 9.53 Å². The molecule has 1 heterocycles. The van der Waals surface area contributed by atoms with Crippen molar-refractivity contribution in [1.82, 2.24) is 15.1 Å². The lowest BCUT2D eigenvalue weighted by Crippen LogP contribution is -2.49. The Morgan fingerprint density at radius 3 is 2.47 bits per heavy atom. The quantitative estimate of drug-likeness (QED) is 0.709. The van der Waals surface area contributed by atoms with Gasteiger partial charge in [0.15, 0.2) is 0 Å². The maximum atomic E-state index is 11.8. The van der Waals surface area contributed by atoms with Crippen LogP contribution < -0.4 is 5.32 Å². The molecule has 1 fully saturated rings. The summed E-state index contributed by atoms with van der Waals surface area (Å²) in [5, 5.41) is 3.29. The second kappa shape index (κ2) is 7.22. The van der Waals surface area contributed by atoms with Crippen LogP contribution in [0.25, 0.3) is 0 Å². The number of rotatable bonds is 6. The average molecular weight is 271 g/mol. The number of hydrogen-bond acceptors (Lipinski definition) is 5. The molecule has 0 saturated carbocycles. The van der Waals surface area contributed by atoms with Gasteiger partial charge in [-0.3, -0.25) is 9.69 Å². The highest BCUT2D eigenvalue weighted by atomic mass is 16.5. The molecule has 0 aliphatic carbocycles. The maximum absolute atomic E-state index is 11.8. The molecule has 1 aliphatic rings. The molecule has 5 nitrogen and oxygen atoms in total. The van der Waals surface area contributed by atoms with Gasteiger partial charge in [-0.1, -0.05) is 20.8 Å². The van der Waals surface area contributed by atoms with Gasteiger partial charge in [0.05, 0.1) is 7.11 Å². The lowest BCUT2D eigenvalue weighted by atomic mass is 10.1. The van der Waals surface area contributed by atoms with Gasteiger partial charge in [-0.25, -0.2) is 0 Å². The fourth-order valence-corrected chi connectivity index (χ4v) is 2.87. The number of hydrogen-bond donors (Lipinski definition) is 1. The topological polar surface area (TPSA) is 44.8 Å². The van der Waals surface area contributed by atoms with Crippen LogP contribution in [0.15, 0.2) is 0 Å². The summed E-state index contributed by atoms with van der Waals surface area (Å²) in [6.45, 7) is 9.14. The number of likely N-dealkylation sites (N-methyl/N-ethyl adjacent to an activating group) is 1. The van der Waals surface area contributed by atoms with E-state index in [9.17, 15) is 4.79 Å². The number of esters is 1. The molecule has 1 saturated heterocycles. The largest absolute Gasteiger partial charge is 0.468 e. The van der Waals surface area contributed by atoms with Crippen molar-refractivity contribution in [1.29, 1.82) is 0 Å². The first kappa shape index (κ1) is 16.4. The Morgan fingerprint density at radius 1 is 1.42 bits per heavy atom.